The van der Waals surface area contributed by atoms with Crippen LogP contribution in [0.25, 0.3) is 0 Å². The van der Waals surface area contributed by atoms with Crippen molar-refractivity contribution >= 4 is 17.3 Å². The number of anilines is 1. The van der Waals surface area contributed by atoms with Crippen LogP contribution in [0.1, 0.15) is 10.4 Å². The molecule has 2 aromatic carbocycles. The lowest BCUT2D eigenvalue weighted by atomic mass is 10.1. The van der Waals surface area contributed by atoms with E-state index in [0.717, 1.165) is 18.2 Å². The van der Waals surface area contributed by atoms with Gasteiger partial charge in [-0.1, -0.05) is 12.1 Å². The molecule has 7 nitrogen and oxygen atoms in total. The molecule has 1 amide bonds. The van der Waals surface area contributed by atoms with Gasteiger partial charge >= 0.3 is 24.2 Å². The Morgan fingerprint density at radius 1 is 1.00 bits per heavy atom. The summed E-state index contributed by atoms with van der Waals surface area (Å²) in [6, 6.07) is 7.36. The van der Waals surface area contributed by atoms with Gasteiger partial charge in [0.2, 0.25) is 0 Å². The van der Waals surface area contributed by atoms with E-state index in [1.54, 1.807) is 0 Å². The van der Waals surface area contributed by atoms with Crippen molar-refractivity contribution in [2.24, 2.45) is 0 Å². The van der Waals surface area contributed by atoms with Crippen LogP contribution in [-0.2, 0) is 0 Å². The summed E-state index contributed by atoms with van der Waals surface area (Å²) in [7, 11) is 0. The molecule has 2 rings (SSSR count). The Bertz CT molecular complexity index is 982. The summed E-state index contributed by atoms with van der Waals surface area (Å²) in [6.45, 7) is -3.48. The van der Waals surface area contributed by atoms with Crippen molar-refractivity contribution < 1.29 is 49.9 Å². The molecule has 0 heterocycles. The Labute approximate surface area is 174 Å². The average molecular weight is 470 g/mol. The molecule has 2 aromatic rings. The number of nitro groups is 1. The summed E-state index contributed by atoms with van der Waals surface area (Å²) in [5.41, 5.74) is -1.54. The maximum atomic E-state index is 13.0. The summed E-state index contributed by atoms with van der Waals surface area (Å²) >= 11 is 0. The van der Waals surface area contributed by atoms with Crippen molar-refractivity contribution in [2.45, 2.75) is 18.5 Å². The van der Waals surface area contributed by atoms with Crippen LogP contribution in [0.15, 0.2) is 42.5 Å². The van der Waals surface area contributed by atoms with Gasteiger partial charge in [-0.2, -0.15) is 22.0 Å². The zero-order valence-corrected chi connectivity index (χ0v) is 15.7. The second-order valence-electron chi connectivity index (χ2n) is 6.14. The van der Waals surface area contributed by atoms with Crippen molar-refractivity contribution in [2.75, 3.05) is 18.5 Å². The van der Waals surface area contributed by atoms with E-state index >= 15 is 0 Å². The van der Waals surface area contributed by atoms with Gasteiger partial charge in [-0.05, 0) is 24.3 Å². The van der Waals surface area contributed by atoms with Gasteiger partial charge in [-0.25, -0.2) is 8.78 Å². The van der Waals surface area contributed by atoms with Gasteiger partial charge in [0.15, 0.2) is 19.0 Å². The maximum absolute atomic E-state index is 13.0. The van der Waals surface area contributed by atoms with E-state index in [0.29, 0.717) is 6.07 Å². The van der Waals surface area contributed by atoms with Crippen molar-refractivity contribution in [1.29, 1.82) is 0 Å². The second-order valence-corrected chi connectivity index (χ2v) is 6.14. The van der Waals surface area contributed by atoms with Crippen LogP contribution < -0.4 is 14.8 Å². The Hall–Kier alpha value is -3.58. The third kappa shape index (κ3) is 6.72. The quantitative estimate of drug-likeness (QED) is 0.314. The van der Waals surface area contributed by atoms with E-state index in [9.17, 15) is 45.6 Å². The molecule has 0 bridgehead atoms. The van der Waals surface area contributed by atoms with Crippen LogP contribution in [0, 0.1) is 10.1 Å². The van der Waals surface area contributed by atoms with Gasteiger partial charge in [-0.15, -0.1) is 0 Å². The second kappa shape index (κ2) is 9.70. The van der Waals surface area contributed by atoms with Crippen molar-refractivity contribution in [1.82, 2.24) is 0 Å². The predicted octanol–water partition coefficient (Wildman–Crippen LogP) is 5.07. The molecule has 0 saturated carbocycles. The van der Waals surface area contributed by atoms with Gasteiger partial charge in [-0.3, -0.25) is 14.9 Å². The van der Waals surface area contributed by atoms with Crippen molar-refractivity contribution in [3.8, 4) is 11.5 Å². The number of halogens is 7. The number of hydrogen-bond donors (Lipinski definition) is 1. The molecule has 14 heteroatoms. The highest BCUT2D eigenvalue weighted by Crippen LogP contribution is 2.32. The third-order valence-electron chi connectivity index (χ3n) is 3.68. The first-order valence-electron chi connectivity index (χ1n) is 8.47. The molecule has 0 fully saturated rings. The molecule has 1 N–H and O–H groups in total. The first kappa shape index (κ1) is 24.7. The first-order valence-corrected chi connectivity index (χ1v) is 8.47. The Morgan fingerprint density at radius 2 is 1.62 bits per heavy atom. The van der Waals surface area contributed by atoms with Gasteiger partial charge in [0.05, 0.1) is 10.6 Å². The minimum absolute atomic E-state index is 0.179. The SMILES string of the molecule is O=C(Nc1ccccc1OCC(F)(F)F)c1ccc(OCC(F)(F)C(F)F)c([N+](=O)[O-])c1. The van der Waals surface area contributed by atoms with E-state index in [1.807, 2.05) is 0 Å². The number of ether oxygens (including phenoxy) is 2. The smallest absolute Gasteiger partial charge is 0.422 e. The predicted molar refractivity (Wildman–Crippen MR) is 95.5 cm³/mol. The van der Waals surface area contributed by atoms with E-state index in [4.69, 9.17) is 0 Å². The fourth-order valence-corrected chi connectivity index (χ4v) is 2.21. The number of carbonyl (C=O) groups excluding carboxylic acids is 1. The first-order chi connectivity index (χ1) is 14.8. The zero-order chi connectivity index (χ0) is 24.1. The summed E-state index contributed by atoms with van der Waals surface area (Å²) in [5, 5.41) is 13.4. The number of para-hydroxylation sites is 2. The number of nitro benzene ring substituents is 1. The molecule has 0 aromatic heterocycles. The lowest BCUT2D eigenvalue weighted by Crippen LogP contribution is -2.33. The summed E-state index contributed by atoms with van der Waals surface area (Å²) in [4.78, 5) is 22.5. The number of alkyl halides is 7. The Morgan fingerprint density at radius 3 is 2.22 bits per heavy atom. The number of nitrogens with one attached hydrogen (secondary N) is 1. The normalized spacial score (nSPS) is 11.9. The molecule has 0 spiro atoms. The summed E-state index contributed by atoms with van der Waals surface area (Å²) < 4.78 is 96.5. The molecular formula is C18H13F7N2O5. The van der Waals surface area contributed by atoms with E-state index in [-0.39, 0.29) is 11.4 Å². The molecular weight excluding hydrogens is 457 g/mol. The molecule has 32 heavy (non-hydrogen) atoms. The fraction of sp³-hybridized carbons (Fsp3) is 0.278. The number of amides is 1. The van der Waals surface area contributed by atoms with Crippen LogP contribution in [0.4, 0.5) is 42.1 Å². The summed E-state index contributed by atoms with van der Waals surface area (Å²) in [6.07, 6.45) is -8.71. The molecule has 0 radical (unpaired) electrons. The minimum atomic E-state index is -4.64. The van der Waals surface area contributed by atoms with Gasteiger partial charge in [0.25, 0.3) is 5.91 Å². The van der Waals surface area contributed by atoms with E-state index in [2.05, 4.69) is 14.8 Å². The molecule has 0 aliphatic carbocycles. The van der Waals surface area contributed by atoms with Crippen LogP contribution in [0.3, 0.4) is 0 Å². The van der Waals surface area contributed by atoms with Crippen LogP contribution in [0.2, 0.25) is 0 Å². The Balaban J connectivity index is 2.21. The minimum Gasteiger partial charge on any atom is -0.482 e. The maximum Gasteiger partial charge on any atom is 0.422 e. The number of carbonyl (C=O) groups is 1. The average Bonchev–Trinajstić information content (AvgIpc) is 2.70. The van der Waals surface area contributed by atoms with Crippen molar-refractivity contribution in [3.63, 3.8) is 0 Å². The molecule has 0 atom stereocenters. The number of rotatable bonds is 9. The Kier molecular flexibility index (Phi) is 7.48. The highest BCUT2D eigenvalue weighted by atomic mass is 19.4. The van der Waals surface area contributed by atoms with Crippen LogP contribution >= 0.6 is 0 Å². The van der Waals surface area contributed by atoms with Gasteiger partial charge < -0.3 is 14.8 Å². The van der Waals surface area contributed by atoms with Crippen LogP contribution in [0.5, 0.6) is 11.5 Å². The fourth-order valence-electron chi connectivity index (χ4n) is 2.21. The van der Waals surface area contributed by atoms with Crippen LogP contribution in [-0.4, -0.2) is 42.6 Å². The lowest BCUT2D eigenvalue weighted by molar-refractivity contribution is -0.386. The zero-order valence-electron chi connectivity index (χ0n) is 15.7. The number of hydrogen-bond acceptors (Lipinski definition) is 5. The molecule has 0 aliphatic heterocycles. The van der Waals surface area contributed by atoms with Crippen molar-refractivity contribution in [3.05, 3.63) is 58.1 Å². The molecule has 174 valence electrons. The molecule has 0 saturated heterocycles. The number of nitrogens with zero attached hydrogens (tertiary/aromatic N) is 1. The standard InChI is InChI=1S/C18H13F7N2O5/c19-16(20)17(21,22)8-31-14-6-5-10(7-12(14)27(29)30)15(28)26-11-3-1-2-4-13(11)32-9-18(23,24)25/h1-7,16H,8-9H2,(H,26,28). The third-order valence-corrected chi connectivity index (χ3v) is 3.68. The lowest BCUT2D eigenvalue weighted by Gasteiger charge is -2.16. The highest BCUT2D eigenvalue weighted by Gasteiger charge is 2.42. The van der Waals surface area contributed by atoms with Gasteiger partial charge in [0.1, 0.15) is 5.75 Å². The summed E-state index contributed by atoms with van der Waals surface area (Å²) in [5.74, 6) is -6.70. The van der Waals surface area contributed by atoms with Gasteiger partial charge in [0, 0.05) is 11.6 Å². The molecule has 0 unspecified atom stereocenters. The van der Waals surface area contributed by atoms with E-state index in [1.165, 1.54) is 18.2 Å². The largest absolute Gasteiger partial charge is 0.482 e. The monoisotopic (exact) mass is 470 g/mol. The molecule has 0 aliphatic rings. The van der Waals surface area contributed by atoms with E-state index < -0.39 is 59.6 Å². The highest BCUT2D eigenvalue weighted by molar-refractivity contribution is 6.05. The topological polar surface area (TPSA) is 90.7 Å². The number of benzene rings is 2.